The average Bonchev–Trinajstić information content (AvgIpc) is 3.53. The highest BCUT2D eigenvalue weighted by Gasteiger charge is 2.40. The molecular formula is C25H26N2O6S2. The van der Waals surface area contributed by atoms with Gasteiger partial charge >= 0.3 is 5.97 Å². The van der Waals surface area contributed by atoms with Crippen LogP contribution in [0.15, 0.2) is 65.6 Å². The number of ether oxygens (including phenoxy) is 2. The van der Waals surface area contributed by atoms with E-state index in [1.807, 2.05) is 30.3 Å². The molecule has 184 valence electrons. The number of carbonyl (C=O) groups is 2. The molecule has 1 saturated heterocycles. The summed E-state index contributed by atoms with van der Waals surface area (Å²) in [5.41, 5.74) is 1.21. The molecule has 0 radical (unpaired) electrons. The van der Waals surface area contributed by atoms with Crippen LogP contribution in [0.2, 0.25) is 0 Å². The predicted molar refractivity (Wildman–Crippen MR) is 134 cm³/mol. The summed E-state index contributed by atoms with van der Waals surface area (Å²) in [7, 11) is -2.39. The number of nitrogens with one attached hydrogen (secondary N) is 1. The van der Waals surface area contributed by atoms with E-state index in [1.165, 1.54) is 34.9 Å². The molecule has 1 N–H and O–H groups in total. The molecule has 8 nitrogen and oxygen atoms in total. The van der Waals surface area contributed by atoms with Crippen LogP contribution in [0.4, 0.5) is 5.69 Å². The standard InChI is InChI=1S/C25H26N2O6S2/c1-3-33-25(29)23-20(16-22(34-23)17-8-5-4-6-9-17)26-24(28)21-10-7-15-27(21)35(30,31)19-13-11-18(32-2)12-14-19/h4-6,8-9,11-14,16,21H,3,7,10,15H2,1-2H3,(H,26,28)/t21-/m1/s1. The van der Waals surface area contributed by atoms with E-state index in [4.69, 9.17) is 9.47 Å². The van der Waals surface area contributed by atoms with Crippen LogP contribution in [0.5, 0.6) is 5.75 Å². The van der Waals surface area contributed by atoms with Gasteiger partial charge in [-0.2, -0.15) is 4.31 Å². The molecule has 2 aromatic carbocycles. The molecule has 1 aromatic heterocycles. The summed E-state index contributed by atoms with van der Waals surface area (Å²) in [6.45, 7) is 2.14. The van der Waals surface area contributed by atoms with Gasteiger partial charge in [0.05, 0.1) is 24.3 Å². The zero-order chi connectivity index (χ0) is 25.0. The van der Waals surface area contributed by atoms with E-state index in [2.05, 4.69) is 5.32 Å². The first-order chi connectivity index (χ1) is 16.8. The minimum atomic E-state index is -3.90. The van der Waals surface area contributed by atoms with Crippen molar-refractivity contribution in [2.75, 3.05) is 25.6 Å². The zero-order valence-corrected chi connectivity index (χ0v) is 21.0. The van der Waals surface area contributed by atoms with Crippen LogP contribution in [0.25, 0.3) is 10.4 Å². The Kier molecular flexibility index (Phi) is 7.54. The maximum absolute atomic E-state index is 13.3. The summed E-state index contributed by atoms with van der Waals surface area (Å²) >= 11 is 1.22. The smallest absolute Gasteiger partial charge is 0.350 e. The molecule has 0 aliphatic carbocycles. The van der Waals surface area contributed by atoms with Gasteiger partial charge in [0.1, 0.15) is 16.7 Å². The monoisotopic (exact) mass is 514 g/mol. The Morgan fingerprint density at radius 2 is 1.83 bits per heavy atom. The second-order valence-electron chi connectivity index (χ2n) is 7.88. The maximum atomic E-state index is 13.3. The van der Waals surface area contributed by atoms with Gasteiger partial charge in [0, 0.05) is 11.4 Å². The van der Waals surface area contributed by atoms with Crippen molar-refractivity contribution in [3.8, 4) is 16.2 Å². The first kappa shape index (κ1) is 24.9. The summed E-state index contributed by atoms with van der Waals surface area (Å²) < 4.78 is 38.1. The quantitative estimate of drug-likeness (QED) is 0.447. The Morgan fingerprint density at radius 1 is 1.11 bits per heavy atom. The molecule has 0 saturated carbocycles. The lowest BCUT2D eigenvalue weighted by Crippen LogP contribution is -2.43. The Hall–Kier alpha value is -3.21. The topological polar surface area (TPSA) is 102 Å². The number of methoxy groups -OCH3 is 1. The molecule has 35 heavy (non-hydrogen) atoms. The Balaban J connectivity index is 1.60. The number of carbonyl (C=O) groups excluding carboxylic acids is 2. The Labute approximate surface area is 208 Å². The summed E-state index contributed by atoms with van der Waals surface area (Å²) in [6, 6.07) is 16.4. The molecule has 0 spiro atoms. The molecule has 1 atom stereocenters. The van der Waals surface area contributed by atoms with E-state index in [1.54, 1.807) is 25.1 Å². The molecule has 0 unspecified atom stereocenters. The van der Waals surface area contributed by atoms with Crippen LogP contribution in [-0.2, 0) is 19.6 Å². The summed E-state index contributed by atoms with van der Waals surface area (Å²) in [4.78, 5) is 27.0. The summed E-state index contributed by atoms with van der Waals surface area (Å²) in [6.07, 6.45) is 0.933. The van der Waals surface area contributed by atoms with Crippen LogP contribution >= 0.6 is 11.3 Å². The number of nitrogens with zero attached hydrogens (tertiary/aromatic N) is 1. The van der Waals surface area contributed by atoms with Gasteiger partial charge in [-0.1, -0.05) is 30.3 Å². The van der Waals surface area contributed by atoms with Crippen molar-refractivity contribution in [2.45, 2.75) is 30.7 Å². The molecule has 1 aliphatic heterocycles. The van der Waals surface area contributed by atoms with Crippen molar-refractivity contribution < 1.29 is 27.5 Å². The fourth-order valence-electron chi connectivity index (χ4n) is 3.97. The SMILES string of the molecule is CCOC(=O)c1sc(-c2ccccc2)cc1NC(=O)[C@H]1CCCN1S(=O)(=O)c1ccc(OC)cc1. The molecule has 0 bridgehead atoms. The number of thiophene rings is 1. The third-order valence-electron chi connectivity index (χ3n) is 5.68. The van der Waals surface area contributed by atoms with Gasteiger partial charge in [-0.25, -0.2) is 13.2 Å². The number of sulfonamides is 1. The van der Waals surface area contributed by atoms with Gasteiger partial charge in [0.25, 0.3) is 0 Å². The van der Waals surface area contributed by atoms with E-state index in [-0.39, 0.29) is 22.9 Å². The van der Waals surface area contributed by atoms with Gasteiger partial charge in [0.15, 0.2) is 0 Å². The van der Waals surface area contributed by atoms with Crippen molar-refractivity contribution >= 4 is 38.9 Å². The lowest BCUT2D eigenvalue weighted by Gasteiger charge is -2.23. The van der Waals surface area contributed by atoms with Crippen LogP contribution in [0, 0.1) is 0 Å². The van der Waals surface area contributed by atoms with E-state index < -0.39 is 27.9 Å². The lowest BCUT2D eigenvalue weighted by molar-refractivity contribution is -0.119. The van der Waals surface area contributed by atoms with E-state index in [0.29, 0.717) is 24.3 Å². The van der Waals surface area contributed by atoms with Crippen LogP contribution in [0.1, 0.15) is 29.4 Å². The maximum Gasteiger partial charge on any atom is 0.350 e. The number of anilines is 1. The van der Waals surface area contributed by atoms with Crippen LogP contribution < -0.4 is 10.1 Å². The van der Waals surface area contributed by atoms with Crippen LogP contribution in [0.3, 0.4) is 0 Å². The fraction of sp³-hybridized carbons (Fsp3) is 0.280. The second kappa shape index (κ2) is 10.6. The average molecular weight is 515 g/mol. The van der Waals surface area contributed by atoms with Gasteiger partial charge in [-0.3, -0.25) is 4.79 Å². The zero-order valence-electron chi connectivity index (χ0n) is 19.4. The molecule has 3 aromatic rings. The molecule has 4 rings (SSSR count). The minimum absolute atomic E-state index is 0.0899. The highest BCUT2D eigenvalue weighted by Crippen LogP contribution is 2.36. The number of benzene rings is 2. The number of esters is 1. The molecule has 10 heteroatoms. The first-order valence-electron chi connectivity index (χ1n) is 11.2. The molecule has 1 fully saturated rings. The Bertz CT molecular complexity index is 1300. The number of amides is 1. The molecule has 1 aliphatic rings. The third kappa shape index (κ3) is 5.24. The highest BCUT2D eigenvalue weighted by atomic mass is 32.2. The third-order valence-corrected chi connectivity index (χ3v) is 8.77. The van der Waals surface area contributed by atoms with Crippen molar-refractivity contribution in [2.24, 2.45) is 0 Å². The van der Waals surface area contributed by atoms with Crippen molar-refractivity contribution in [1.29, 1.82) is 0 Å². The molecule has 2 heterocycles. The van der Waals surface area contributed by atoms with Gasteiger partial charge in [0.2, 0.25) is 15.9 Å². The Morgan fingerprint density at radius 3 is 2.49 bits per heavy atom. The summed E-state index contributed by atoms with van der Waals surface area (Å²) in [5.74, 6) is -0.482. The lowest BCUT2D eigenvalue weighted by atomic mass is 10.2. The second-order valence-corrected chi connectivity index (χ2v) is 10.8. The minimum Gasteiger partial charge on any atom is -0.497 e. The van der Waals surface area contributed by atoms with Crippen LogP contribution in [-0.4, -0.2) is 50.9 Å². The van der Waals surface area contributed by atoms with Crippen molar-refractivity contribution in [1.82, 2.24) is 4.31 Å². The number of hydrogen-bond donors (Lipinski definition) is 1. The number of hydrogen-bond acceptors (Lipinski definition) is 7. The van der Waals surface area contributed by atoms with Crippen molar-refractivity contribution in [3.05, 3.63) is 65.5 Å². The van der Waals surface area contributed by atoms with E-state index in [9.17, 15) is 18.0 Å². The molecule has 1 amide bonds. The van der Waals surface area contributed by atoms with E-state index >= 15 is 0 Å². The predicted octanol–water partition coefficient (Wildman–Crippen LogP) is 4.39. The van der Waals surface area contributed by atoms with Gasteiger partial charge < -0.3 is 14.8 Å². The number of rotatable bonds is 8. The largest absolute Gasteiger partial charge is 0.497 e. The van der Waals surface area contributed by atoms with Gasteiger partial charge in [-0.05, 0) is 55.7 Å². The summed E-state index contributed by atoms with van der Waals surface area (Å²) in [5, 5.41) is 2.80. The normalized spacial score (nSPS) is 16.1. The molecular weight excluding hydrogens is 488 g/mol. The highest BCUT2D eigenvalue weighted by molar-refractivity contribution is 7.89. The van der Waals surface area contributed by atoms with Gasteiger partial charge in [-0.15, -0.1) is 11.3 Å². The first-order valence-corrected chi connectivity index (χ1v) is 13.4. The van der Waals surface area contributed by atoms with E-state index in [0.717, 1.165) is 10.4 Å². The van der Waals surface area contributed by atoms with Crippen molar-refractivity contribution in [3.63, 3.8) is 0 Å². The fourth-order valence-corrected chi connectivity index (χ4v) is 6.64.